The van der Waals surface area contributed by atoms with Gasteiger partial charge in [-0.05, 0) is 39.0 Å². The maximum Gasteiger partial charge on any atom is 0.410 e. The Hall–Kier alpha value is -2.44. The minimum Gasteiger partial charge on any atom is -0.508 e. The van der Waals surface area contributed by atoms with Crippen LogP contribution in [-0.2, 0) is 16.0 Å². The van der Waals surface area contributed by atoms with Crippen LogP contribution >= 0.6 is 0 Å². The van der Waals surface area contributed by atoms with Crippen LogP contribution in [0.5, 0.6) is 11.5 Å². The van der Waals surface area contributed by atoms with Crippen molar-refractivity contribution < 1.29 is 24.2 Å². The Balaban J connectivity index is 1.81. The lowest BCUT2D eigenvalue weighted by molar-refractivity contribution is -0.122. The molecule has 2 N–H and O–H groups in total. The fraction of sp³-hybridized carbons (Fsp3) is 0.529. The smallest absolute Gasteiger partial charge is 0.410 e. The van der Waals surface area contributed by atoms with Crippen LogP contribution in [0.15, 0.2) is 18.2 Å². The molecule has 1 aliphatic heterocycles. The van der Waals surface area contributed by atoms with Gasteiger partial charge >= 0.3 is 6.09 Å². The van der Waals surface area contributed by atoms with Crippen molar-refractivity contribution in [2.75, 3.05) is 20.2 Å². The number of nitrogens with zero attached hydrogens (tertiary/aromatic N) is 1. The highest BCUT2D eigenvalue weighted by atomic mass is 16.6. The number of likely N-dealkylation sites (tertiary alicyclic amines) is 1. The van der Waals surface area contributed by atoms with Crippen LogP contribution in [0.1, 0.15) is 26.3 Å². The predicted molar refractivity (Wildman–Crippen MR) is 88.1 cm³/mol. The SMILES string of the molecule is COc1ccc(O)cc1CC(=O)NC1CN(C(=O)OC(C)(C)C)C1. The fourth-order valence-electron chi connectivity index (χ4n) is 2.40. The number of phenolic OH excluding ortho intramolecular Hbond substituents is 1. The van der Waals surface area contributed by atoms with E-state index >= 15 is 0 Å². The number of hydrogen-bond donors (Lipinski definition) is 2. The largest absolute Gasteiger partial charge is 0.508 e. The topological polar surface area (TPSA) is 88.1 Å². The molecule has 1 aromatic carbocycles. The van der Waals surface area contributed by atoms with E-state index in [1.165, 1.54) is 19.2 Å². The Kier molecular flexibility index (Phi) is 5.21. The first-order chi connectivity index (χ1) is 11.2. The molecule has 2 amide bonds. The van der Waals surface area contributed by atoms with Crippen LogP contribution in [0.25, 0.3) is 0 Å². The van der Waals surface area contributed by atoms with Crippen molar-refractivity contribution in [3.05, 3.63) is 23.8 Å². The number of ether oxygens (including phenoxy) is 2. The van der Waals surface area contributed by atoms with Gasteiger partial charge in [0.25, 0.3) is 0 Å². The lowest BCUT2D eigenvalue weighted by Crippen LogP contribution is -2.61. The molecule has 0 unspecified atom stereocenters. The molecule has 0 radical (unpaired) electrons. The number of hydrogen-bond acceptors (Lipinski definition) is 5. The summed E-state index contributed by atoms with van der Waals surface area (Å²) < 4.78 is 10.4. The highest BCUT2D eigenvalue weighted by Crippen LogP contribution is 2.24. The molecule has 1 fully saturated rings. The van der Waals surface area contributed by atoms with E-state index < -0.39 is 5.60 Å². The molecule has 0 aliphatic carbocycles. The highest BCUT2D eigenvalue weighted by Gasteiger charge is 2.34. The van der Waals surface area contributed by atoms with Gasteiger partial charge in [-0.3, -0.25) is 4.79 Å². The Morgan fingerprint density at radius 1 is 1.33 bits per heavy atom. The number of nitrogens with one attached hydrogen (secondary N) is 1. The van der Waals surface area contributed by atoms with Crippen LogP contribution in [0, 0.1) is 0 Å². The minimum absolute atomic E-state index is 0.0818. The van der Waals surface area contributed by atoms with E-state index in [4.69, 9.17) is 9.47 Å². The second-order valence-corrected chi connectivity index (χ2v) is 6.82. The van der Waals surface area contributed by atoms with Gasteiger partial charge in [0.05, 0.1) is 19.6 Å². The van der Waals surface area contributed by atoms with Gasteiger partial charge in [0.2, 0.25) is 5.91 Å². The average molecular weight is 336 g/mol. The first kappa shape index (κ1) is 17.9. The number of rotatable bonds is 4. The second-order valence-electron chi connectivity index (χ2n) is 6.82. The molecule has 1 heterocycles. The van der Waals surface area contributed by atoms with E-state index in [0.29, 0.717) is 24.4 Å². The Labute approximate surface area is 141 Å². The lowest BCUT2D eigenvalue weighted by atomic mass is 10.1. The van der Waals surface area contributed by atoms with Crippen molar-refractivity contribution in [2.45, 2.75) is 38.8 Å². The molecule has 1 aromatic rings. The van der Waals surface area contributed by atoms with Crippen molar-refractivity contribution in [1.82, 2.24) is 10.2 Å². The quantitative estimate of drug-likeness (QED) is 0.873. The Morgan fingerprint density at radius 2 is 2.00 bits per heavy atom. The summed E-state index contributed by atoms with van der Waals surface area (Å²) in [5.74, 6) is 0.443. The maximum atomic E-state index is 12.1. The van der Waals surface area contributed by atoms with E-state index in [1.807, 2.05) is 20.8 Å². The highest BCUT2D eigenvalue weighted by molar-refractivity contribution is 5.80. The first-order valence-corrected chi connectivity index (χ1v) is 7.81. The maximum absolute atomic E-state index is 12.1. The Bertz CT molecular complexity index is 618. The standard InChI is InChI=1S/C17H24N2O5/c1-17(2,3)24-16(22)19-9-12(10-19)18-15(21)8-11-7-13(20)5-6-14(11)23-4/h5-7,12,20H,8-10H2,1-4H3,(H,18,21). The van der Waals surface area contributed by atoms with Gasteiger partial charge < -0.3 is 24.8 Å². The summed E-state index contributed by atoms with van der Waals surface area (Å²) in [5, 5.41) is 12.4. The summed E-state index contributed by atoms with van der Waals surface area (Å²) >= 11 is 0. The van der Waals surface area contributed by atoms with Crippen molar-refractivity contribution in [3.63, 3.8) is 0 Å². The van der Waals surface area contributed by atoms with Crippen molar-refractivity contribution in [3.8, 4) is 11.5 Å². The molecule has 1 saturated heterocycles. The monoisotopic (exact) mass is 336 g/mol. The summed E-state index contributed by atoms with van der Waals surface area (Å²) in [4.78, 5) is 25.5. The molecule has 24 heavy (non-hydrogen) atoms. The van der Waals surface area contributed by atoms with E-state index in [1.54, 1.807) is 11.0 Å². The normalized spacial score (nSPS) is 14.8. The Morgan fingerprint density at radius 3 is 2.58 bits per heavy atom. The van der Waals surface area contributed by atoms with E-state index in [9.17, 15) is 14.7 Å². The second kappa shape index (κ2) is 6.98. The van der Waals surface area contributed by atoms with Gasteiger partial charge in [0.1, 0.15) is 17.1 Å². The van der Waals surface area contributed by atoms with Gasteiger partial charge in [-0.25, -0.2) is 4.79 Å². The van der Waals surface area contributed by atoms with Gasteiger partial charge in [-0.1, -0.05) is 0 Å². The number of benzene rings is 1. The van der Waals surface area contributed by atoms with Crippen LogP contribution in [0.3, 0.4) is 0 Å². The predicted octanol–water partition coefficient (Wildman–Crippen LogP) is 1.68. The van der Waals surface area contributed by atoms with Crippen LogP contribution in [0.2, 0.25) is 0 Å². The zero-order valence-electron chi connectivity index (χ0n) is 14.5. The van der Waals surface area contributed by atoms with Crippen molar-refractivity contribution in [1.29, 1.82) is 0 Å². The third kappa shape index (κ3) is 4.78. The molecule has 7 heteroatoms. The van der Waals surface area contributed by atoms with Gasteiger partial charge in [0.15, 0.2) is 0 Å². The van der Waals surface area contributed by atoms with Crippen LogP contribution in [-0.4, -0.2) is 53.8 Å². The third-order valence-corrected chi connectivity index (χ3v) is 3.51. The number of aromatic hydroxyl groups is 1. The number of methoxy groups -OCH3 is 1. The average Bonchev–Trinajstić information content (AvgIpc) is 2.40. The van der Waals surface area contributed by atoms with Gasteiger partial charge in [-0.2, -0.15) is 0 Å². The number of carbonyl (C=O) groups excluding carboxylic acids is 2. The van der Waals surface area contributed by atoms with Crippen LogP contribution < -0.4 is 10.1 Å². The van der Waals surface area contributed by atoms with E-state index in [-0.39, 0.29) is 30.2 Å². The number of carbonyl (C=O) groups is 2. The minimum atomic E-state index is -0.530. The molecule has 0 aromatic heterocycles. The molecule has 2 rings (SSSR count). The summed E-state index contributed by atoms with van der Waals surface area (Å²) in [6.07, 6.45) is -0.275. The zero-order chi connectivity index (χ0) is 17.9. The molecule has 0 bridgehead atoms. The summed E-state index contributed by atoms with van der Waals surface area (Å²) in [5.41, 5.74) is 0.0791. The summed E-state index contributed by atoms with van der Waals surface area (Å²) in [7, 11) is 1.51. The molecular weight excluding hydrogens is 312 g/mol. The van der Waals surface area contributed by atoms with E-state index in [2.05, 4.69) is 5.32 Å². The lowest BCUT2D eigenvalue weighted by Gasteiger charge is -2.40. The van der Waals surface area contributed by atoms with Crippen LogP contribution in [0.4, 0.5) is 4.79 Å². The number of phenols is 1. The van der Waals surface area contributed by atoms with E-state index in [0.717, 1.165) is 0 Å². The molecular formula is C17H24N2O5. The molecule has 0 atom stereocenters. The van der Waals surface area contributed by atoms with Gasteiger partial charge in [0, 0.05) is 18.7 Å². The first-order valence-electron chi connectivity index (χ1n) is 7.81. The van der Waals surface area contributed by atoms with Crippen molar-refractivity contribution >= 4 is 12.0 Å². The molecule has 7 nitrogen and oxygen atoms in total. The van der Waals surface area contributed by atoms with Gasteiger partial charge in [-0.15, -0.1) is 0 Å². The van der Waals surface area contributed by atoms with Crippen molar-refractivity contribution in [2.24, 2.45) is 0 Å². The molecule has 0 saturated carbocycles. The summed E-state index contributed by atoms with van der Waals surface area (Å²) in [6.45, 7) is 6.29. The third-order valence-electron chi connectivity index (χ3n) is 3.51. The fourth-order valence-corrected chi connectivity index (χ4v) is 2.40. The summed E-state index contributed by atoms with van der Waals surface area (Å²) in [6, 6.07) is 4.54. The zero-order valence-corrected chi connectivity index (χ0v) is 14.5. The molecule has 1 aliphatic rings. The number of amides is 2. The molecule has 0 spiro atoms. The molecule has 132 valence electrons.